The van der Waals surface area contributed by atoms with Crippen molar-refractivity contribution in [3.63, 3.8) is 0 Å². The third-order valence-corrected chi connectivity index (χ3v) is 6.24. The Bertz CT molecular complexity index is 1390. The first-order valence-corrected chi connectivity index (χ1v) is 11.6. The number of pyridine rings is 2. The second kappa shape index (κ2) is 9.14. The molecular formula is C25H26F2N8O. The van der Waals surface area contributed by atoms with Gasteiger partial charge in [-0.15, -0.1) is 0 Å². The van der Waals surface area contributed by atoms with Crippen LogP contribution in [-0.2, 0) is 4.79 Å². The van der Waals surface area contributed by atoms with Crippen molar-refractivity contribution in [2.24, 2.45) is 0 Å². The van der Waals surface area contributed by atoms with Crippen molar-refractivity contribution in [3.8, 4) is 5.82 Å². The molecule has 9 nitrogen and oxygen atoms in total. The van der Waals surface area contributed by atoms with Gasteiger partial charge in [0.25, 0.3) is 0 Å². The minimum Gasteiger partial charge on any atom is -0.349 e. The topological polar surface area (TPSA) is 105 Å². The molecule has 0 bridgehead atoms. The number of hydrogen-bond acceptors (Lipinski definition) is 7. The Hall–Kier alpha value is -4.15. The van der Waals surface area contributed by atoms with Crippen molar-refractivity contribution in [1.82, 2.24) is 29.9 Å². The number of rotatable bonds is 8. The normalized spacial score (nSPS) is 15.4. The summed E-state index contributed by atoms with van der Waals surface area (Å²) in [6.07, 6.45) is 3.98. The van der Waals surface area contributed by atoms with Crippen LogP contribution in [0.5, 0.6) is 0 Å². The number of nitrogens with zero attached hydrogens (tertiary/aromatic N) is 6. The molecule has 4 aromatic heterocycles. The number of Topliss-reactive ketones (excluding diaryl/α,β-unsaturated/α-hetero) is 1. The summed E-state index contributed by atoms with van der Waals surface area (Å²) >= 11 is 0. The van der Waals surface area contributed by atoms with Gasteiger partial charge in [-0.1, -0.05) is 13.0 Å². The van der Waals surface area contributed by atoms with Crippen LogP contribution in [0, 0.1) is 19.7 Å². The number of ketones is 1. The summed E-state index contributed by atoms with van der Waals surface area (Å²) in [6, 6.07) is 9.10. The predicted molar refractivity (Wildman–Crippen MR) is 131 cm³/mol. The largest absolute Gasteiger partial charge is 0.349 e. The van der Waals surface area contributed by atoms with Gasteiger partial charge in [0.05, 0.1) is 25.5 Å². The molecule has 0 radical (unpaired) electrons. The van der Waals surface area contributed by atoms with Crippen molar-refractivity contribution < 1.29 is 13.6 Å². The zero-order valence-electron chi connectivity index (χ0n) is 20.2. The number of aryl methyl sites for hydroxylation is 2. The van der Waals surface area contributed by atoms with E-state index in [1.807, 2.05) is 39.0 Å². The molecule has 1 aliphatic rings. The van der Waals surface area contributed by atoms with Gasteiger partial charge in [-0.3, -0.25) is 9.89 Å². The zero-order valence-corrected chi connectivity index (χ0v) is 20.2. The average Bonchev–Trinajstić information content (AvgIpc) is 3.44. The van der Waals surface area contributed by atoms with Crippen LogP contribution in [0.15, 0.2) is 48.9 Å². The molecule has 1 fully saturated rings. The fourth-order valence-electron chi connectivity index (χ4n) is 4.21. The zero-order chi connectivity index (χ0) is 25.4. The Morgan fingerprint density at radius 3 is 2.61 bits per heavy atom. The molecule has 0 spiro atoms. The van der Waals surface area contributed by atoms with Gasteiger partial charge in [-0.2, -0.15) is 10.2 Å². The Labute approximate surface area is 206 Å². The van der Waals surface area contributed by atoms with Crippen LogP contribution in [0.3, 0.4) is 0 Å². The number of carbonyl (C=O) groups is 1. The number of carbonyl (C=O) groups excluding carboxylic acids is 1. The molecule has 5 heterocycles. The first-order chi connectivity index (χ1) is 17.2. The number of nitrogens with one attached hydrogen (secondary N) is 2. The smallest absolute Gasteiger partial charge is 0.203 e. The number of alkyl halides is 1. The van der Waals surface area contributed by atoms with E-state index in [1.54, 1.807) is 23.2 Å². The number of hydrogen-bond donors (Lipinski definition) is 2. The summed E-state index contributed by atoms with van der Waals surface area (Å²) in [4.78, 5) is 23.5. The van der Waals surface area contributed by atoms with E-state index in [4.69, 9.17) is 0 Å². The Morgan fingerprint density at radius 2 is 1.97 bits per heavy atom. The molecule has 186 valence electrons. The first-order valence-electron chi connectivity index (χ1n) is 11.6. The lowest BCUT2D eigenvalue weighted by atomic mass is 9.85. The summed E-state index contributed by atoms with van der Waals surface area (Å²) in [5.74, 6) is 1.19. The van der Waals surface area contributed by atoms with Gasteiger partial charge in [-0.05, 0) is 49.1 Å². The molecule has 5 rings (SSSR count). The number of H-pyrrole nitrogens is 1. The molecule has 0 aliphatic carbocycles. The van der Waals surface area contributed by atoms with Crippen molar-refractivity contribution in [2.75, 3.05) is 23.3 Å². The molecule has 1 atom stereocenters. The maximum atomic E-state index is 15.4. The number of aromatic nitrogens is 6. The van der Waals surface area contributed by atoms with E-state index in [9.17, 15) is 9.18 Å². The first kappa shape index (κ1) is 23.6. The van der Waals surface area contributed by atoms with Crippen molar-refractivity contribution in [2.45, 2.75) is 38.8 Å². The molecule has 1 aliphatic heterocycles. The molecule has 0 unspecified atom stereocenters. The van der Waals surface area contributed by atoms with E-state index in [-0.39, 0.29) is 25.4 Å². The average molecular weight is 493 g/mol. The summed E-state index contributed by atoms with van der Waals surface area (Å²) in [7, 11) is 0. The van der Waals surface area contributed by atoms with Gasteiger partial charge in [0, 0.05) is 24.4 Å². The monoisotopic (exact) mass is 492 g/mol. The van der Waals surface area contributed by atoms with Gasteiger partial charge in [0.1, 0.15) is 11.6 Å². The standard InChI is InChI=1S/C25H26F2N8O/c1-15-6-21(30-22-9-17(3)32-33-22)31-24(7-15)34-13-25(27,14-34)20(36)8-16(2)18-4-5-23(28-10-18)35-12-19(26)11-29-35/h4-7,9-12,16H,8,13-14H2,1-3H3,(H2,30,31,32,33)/t16-/m1/s1. The van der Waals surface area contributed by atoms with E-state index < -0.39 is 17.3 Å². The molecule has 0 amide bonds. The number of aromatic amines is 1. The highest BCUT2D eigenvalue weighted by Gasteiger charge is 2.50. The molecule has 0 saturated carbocycles. The van der Waals surface area contributed by atoms with Crippen LogP contribution in [-0.4, -0.2) is 54.5 Å². The molecule has 1 saturated heterocycles. The SMILES string of the molecule is Cc1cc(Nc2cc(C)[nH]n2)nc(N2CC(F)(C(=O)C[C@@H](C)c3ccc(-n4cc(F)cn4)nc3)C2)c1. The highest BCUT2D eigenvalue weighted by Crippen LogP contribution is 2.35. The van der Waals surface area contributed by atoms with Crippen LogP contribution < -0.4 is 10.2 Å². The fraction of sp³-hybridized carbons (Fsp3) is 0.320. The minimum absolute atomic E-state index is 0.0436. The van der Waals surface area contributed by atoms with Crippen molar-refractivity contribution in [3.05, 3.63) is 71.6 Å². The lowest BCUT2D eigenvalue weighted by Gasteiger charge is -2.44. The van der Waals surface area contributed by atoms with Crippen LogP contribution in [0.2, 0.25) is 0 Å². The maximum Gasteiger partial charge on any atom is 0.203 e. The second-order valence-electron chi connectivity index (χ2n) is 9.35. The second-order valence-corrected chi connectivity index (χ2v) is 9.35. The quantitative estimate of drug-likeness (QED) is 0.380. The van der Waals surface area contributed by atoms with Crippen LogP contribution in [0.1, 0.15) is 36.1 Å². The van der Waals surface area contributed by atoms with Crippen LogP contribution in [0.4, 0.5) is 26.2 Å². The highest BCUT2D eigenvalue weighted by atomic mass is 19.1. The van der Waals surface area contributed by atoms with Gasteiger partial charge in [-0.25, -0.2) is 23.4 Å². The van der Waals surface area contributed by atoms with E-state index in [0.29, 0.717) is 23.3 Å². The van der Waals surface area contributed by atoms with Crippen molar-refractivity contribution in [1.29, 1.82) is 0 Å². The maximum absolute atomic E-state index is 15.4. The molecule has 36 heavy (non-hydrogen) atoms. The van der Waals surface area contributed by atoms with Crippen molar-refractivity contribution >= 4 is 23.2 Å². The Balaban J connectivity index is 1.20. The molecule has 4 aromatic rings. The minimum atomic E-state index is -1.92. The third-order valence-electron chi connectivity index (χ3n) is 6.24. The van der Waals surface area contributed by atoms with Gasteiger partial charge < -0.3 is 10.2 Å². The van der Waals surface area contributed by atoms with E-state index >= 15 is 4.39 Å². The predicted octanol–water partition coefficient (Wildman–Crippen LogP) is 4.18. The van der Waals surface area contributed by atoms with Gasteiger partial charge in [0.15, 0.2) is 23.2 Å². The third kappa shape index (κ3) is 4.81. The lowest BCUT2D eigenvalue weighted by Crippen LogP contribution is -2.63. The molecule has 2 N–H and O–H groups in total. The summed E-state index contributed by atoms with van der Waals surface area (Å²) in [5, 5.41) is 14.0. The van der Waals surface area contributed by atoms with Crippen LogP contribution >= 0.6 is 0 Å². The molecule has 0 aromatic carbocycles. The van der Waals surface area contributed by atoms with Gasteiger partial charge >= 0.3 is 0 Å². The van der Waals surface area contributed by atoms with Gasteiger partial charge in [0.2, 0.25) is 5.67 Å². The van der Waals surface area contributed by atoms with E-state index in [2.05, 4.69) is 30.6 Å². The van der Waals surface area contributed by atoms with E-state index in [0.717, 1.165) is 23.0 Å². The lowest BCUT2D eigenvalue weighted by molar-refractivity contribution is -0.132. The molecule has 11 heteroatoms. The molecular weight excluding hydrogens is 466 g/mol. The summed E-state index contributed by atoms with van der Waals surface area (Å²) in [5.41, 5.74) is 0.749. The Kier molecular flexibility index (Phi) is 5.99. The fourth-order valence-corrected chi connectivity index (χ4v) is 4.21. The van der Waals surface area contributed by atoms with Crippen LogP contribution in [0.25, 0.3) is 5.82 Å². The number of anilines is 3. The Morgan fingerprint density at radius 1 is 1.17 bits per heavy atom. The highest BCUT2D eigenvalue weighted by molar-refractivity contribution is 5.91. The number of halogens is 2. The summed E-state index contributed by atoms with van der Waals surface area (Å²) < 4.78 is 29.9. The summed E-state index contributed by atoms with van der Waals surface area (Å²) in [6.45, 7) is 5.61. The van der Waals surface area contributed by atoms with E-state index in [1.165, 1.54) is 10.9 Å².